The van der Waals surface area contributed by atoms with Crippen LogP contribution in [0.1, 0.15) is 13.8 Å². The van der Waals surface area contributed by atoms with E-state index in [0.717, 1.165) is 11.9 Å². The summed E-state index contributed by atoms with van der Waals surface area (Å²) in [6.07, 6.45) is 1.39. The SMILES string of the molecule is CCN[C@H](C)CNC(=O)Cn1cnc2c(oc3ccccc32)c1=O. The maximum atomic E-state index is 12.5. The van der Waals surface area contributed by atoms with Crippen LogP contribution in [0.4, 0.5) is 0 Å². The van der Waals surface area contributed by atoms with Crippen molar-refractivity contribution in [2.45, 2.75) is 26.4 Å². The molecule has 0 radical (unpaired) electrons. The monoisotopic (exact) mass is 328 g/mol. The molecule has 0 fully saturated rings. The number of hydrogen-bond donors (Lipinski definition) is 2. The predicted octanol–water partition coefficient (Wildman–Crippen LogP) is 1.26. The number of rotatable bonds is 6. The molecule has 7 heteroatoms. The molecule has 0 saturated heterocycles. The number of amides is 1. The molecule has 0 bridgehead atoms. The van der Waals surface area contributed by atoms with Crippen molar-refractivity contribution in [1.29, 1.82) is 0 Å². The fourth-order valence-electron chi connectivity index (χ4n) is 2.63. The van der Waals surface area contributed by atoms with E-state index in [1.807, 2.05) is 32.0 Å². The number of aromatic nitrogens is 2. The lowest BCUT2D eigenvalue weighted by Crippen LogP contribution is -2.41. The predicted molar refractivity (Wildman–Crippen MR) is 91.9 cm³/mol. The molecule has 1 atom stereocenters. The highest BCUT2D eigenvalue weighted by atomic mass is 16.3. The third kappa shape index (κ3) is 3.16. The Morgan fingerprint density at radius 2 is 2.17 bits per heavy atom. The average molecular weight is 328 g/mol. The Labute approximate surface area is 138 Å². The number of likely N-dealkylation sites (N-methyl/N-ethyl adjacent to an activating group) is 1. The van der Waals surface area contributed by atoms with E-state index in [2.05, 4.69) is 15.6 Å². The third-order valence-corrected chi connectivity index (χ3v) is 3.82. The molecule has 0 spiro atoms. The zero-order valence-corrected chi connectivity index (χ0v) is 13.7. The van der Waals surface area contributed by atoms with Crippen molar-refractivity contribution >= 4 is 28.0 Å². The fourth-order valence-corrected chi connectivity index (χ4v) is 2.63. The minimum Gasteiger partial charge on any atom is -0.448 e. The molecule has 0 aliphatic rings. The van der Waals surface area contributed by atoms with Gasteiger partial charge in [0.2, 0.25) is 11.5 Å². The van der Waals surface area contributed by atoms with Crippen molar-refractivity contribution in [3.05, 3.63) is 40.9 Å². The Kier molecular flexibility index (Phi) is 4.61. The molecule has 1 aromatic carbocycles. The molecule has 0 saturated carbocycles. The molecule has 3 aromatic rings. The lowest BCUT2D eigenvalue weighted by molar-refractivity contribution is -0.121. The molecule has 0 aliphatic heterocycles. The summed E-state index contributed by atoms with van der Waals surface area (Å²) in [4.78, 5) is 28.8. The van der Waals surface area contributed by atoms with Crippen LogP contribution in [0.5, 0.6) is 0 Å². The van der Waals surface area contributed by atoms with Crippen molar-refractivity contribution in [3.8, 4) is 0 Å². The molecule has 2 N–H and O–H groups in total. The highest BCUT2D eigenvalue weighted by Crippen LogP contribution is 2.23. The topological polar surface area (TPSA) is 89.2 Å². The Balaban J connectivity index is 1.80. The van der Waals surface area contributed by atoms with Crippen LogP contribution < -0.4 is 16.2 Å². The highest BCUT2D eigenvalue weighted by Gasteiger charge is 2.14. The van der Waals surface area contributed by atoms with E-state index in [9.17, 15) is 9.59 Å². The number of carbonyl (C=O) groups excluding carboxylic acids is 1. The number of hydrogen-bond acceptors (Lipinski definition) is 5. The number of nitrogens with one attached hydrogen (secondary N) is 2. The molecule has 2 aromatic heterocycles. The van der Waals surface area contributed by atoms with E-state index in [-0.39, 0.29) is 29.6 Å². The lowest BCUT2D eigenvalue weighted by atomic mass is 10.2. The van der Waals surface area contributed by atoms with Gasteiger partial charge in [0.25, 0.3) is 5.56 Å². The van der Waals surface area contributed by atoms with Crippen LogP contribution in [0.2, 0.25) is 0 Å². The van der Waals surface area contributed by atoms with Crippen molar-refractivity contribution in [2.75, 3.05) is 13.1 Å². The molecule has 2 heterocycles. The van der Waals surface area contributed by atoms with E-state index < -0.39 is 0 Å². The van der Waals surface area contributed by atoms with Crippen LogP contribution in [0.15, 0.2) is 39.8 Å². The summed E-state index contributed by atoms with van der Waals surface area (Å²) in [5.74, 6) is -0.237. The van der Waals surface area contributed by atoms with Gasteiger partial charge in [-0.3, -0.25) is 14.2 Å². The van der Waals surface area contributed by atoms with E-state index in [1.54, 1.807) is 6.07 Å². The average Bonchev–Trinajstić information content (AvgIpc) is 2.95. The van der Waals surface area contributed by atoms with Gasteiger partial charge in [-0.25, -0.2) is 4.98 Å². The molecule has 1 amide bonds. The summed E-state index contributed by atoms with van der Waals surface area (Å²) in [6.45, 7) is 5.24. The minimum absolute atomic E-state index is 0.0857. The summed E-state index contributed by atoms with van der Waals surface area (Å²) in [7, 11) is 0. The Morgan fingerprint density at radius 3 is 2.96 bits per heavy atom. The van der Waals surface area contributed by atoms with Crippen molar-refractivity contribution in [1.82, 2.24) is 20.2 Å². The second-order valence-corrected chi connectivity index (χ2v) is 5.72. The van der Waals surface area contributed by atoms with E-state index in [0.29, 0.717) is 17.6 Å². The van der Waals surface area contributed by atoms with Crippen LogP contribution in [-0.4, -0.2) is 34.6 Å². The van der Waals surface area contributed by atoms with Gasteiger partial charge < -0.3 is 15.1 Å². The van der Waals surface area contributed by atoms with Crippen LogP contribution in [0, 0.1) is 0 Å². The summed E-state index contributed by atoms with van der Waals surface area (Å²) in [5, 5.41) is 6.79. The van der Waals surface area contributed by atoms with Crippen molar-refractivity contribution < 1.29 is 9.21 Å². The van der Waals surface area contributed by atoms with E-state index in [4.69, 9.17) is 4.42 Å². The second-order valence-electron chi connectivity index (χ2n) is 5.72. The zero-order valence-electron chi connectivity index (χ0n) is 13.7. The van der Waals surface area contributed by atoms with E-state index >= 15 is 0 Å². The van der Waals surface area contributed by atoms with Crippen LogP contribution >= 0.6 is 0 Å². The summed E-state index contributed by atoms with van der Waals surface area (Å²) >= 11 is 0. The molecule has 0 unspecified atom stereocenters. The van der Waals surface area contributed by atoms with Gasteiger partial charge in [-0.2, -0.15) is 0 Å². The first-order valence-electron chi connectivity index (χ1n) is 7.97. The number of furan rings is 1. The molecule has 126 valence electrons. The molecule has 0 aliphatic carbocycles. The van der Waals surface area contributed by atoms with Crippen LogP contribution in [0.25, 0.3) is 22.1 Å². The number of carbonyl (C=O) groups is 1. The first kappa shape index (κ1) is 16.2. The van der Waals surface area contributed by atoms with Gasteiger partial charge in [0, 0.05) is 18.0 Å². The molecular weight excluding hydrogens is 308 g/mol. The maximum absolute atomic E-state index is 12.5. The first-order valence-corrected chi connectivity index (χ1v) is 7.97. The van der Waals surface area contributed by atoms with Gasteiger partial charge in [-0.05, 0) is 25.6 Å². The highest BCUT2D eigenvalue weighted by molar-refractivity contribution is 6.01. The zero-order chi connectivity index (χ0) is 17.1. The number of nitrogens with zero attached hydrogens (tertiary/aromatic N) is 2. The molecular formula is C17H20N4O3. The smallest absolute Gasteiger partial charge is 0.297 e. The lowest BCUT2D eigenvalue weighted by Gasteiger charge is -2.13. The van der Waals surface area contributed by atoms with Gasteiger partial charge in [0.1, 0.15) is 17.6 Å². The Bertz CT molecular complexity index is 928. The first-order chi connectivity index (χ1) is 11.6. The number of para-hydroxylation sites is 1. The molecule has 24 heavy (non-hydrogen) atoms. The maximum Gasteiger partial charge on any atom is 0.297 e. The molecule has 7 nitrogen and oxygen atoms in total. The van der Waals surface area contributed by atoms with Crippen molar-refractivity contribution in [3.63, 3.8) is 0 Å². The number of benzene rings is 1. The third-order valence-electron chi connectivity index (χ3n) is 3.82. The normalized spacial score (nSPS) is 12.6. The second kappa shape index (κ2) is 6.84. The van der Waals surface area contributed by atoms with Gasteiger partial charge in [0.05, 0.1) is 6.33 Å². The van der Waals surface area contributed by atoms with Gasteiger partial charge >= 0.3 is 0 Å². The van der Waals surface area contributed by atoms with Gasteiger partial charge in [0.15, 0.2) is 0 Å². The standard InChI is InChI=1S/C17H20N4O3/c1-3-18-11(2)8-19-14(22)9-21-10-20-15-12-6-4-5-7-13(12)24-16(15)17(21)23/h4-7,10-11,18H,3,8-9H2,1-2H3,(H,19,22)/t11-/m1/s1. The minimum atomic E-state index is -0.355. The van der Waals surface area contributed by atoms with Gasteiger partial charge in [-0.1, -0.05) is 19.1 Å². The van der Waals surface area contributed by atoms with Gasteiger partial charge in [-0.15, -0.1) is 0 Å². The summed E-state index contributed by atoms with van der Waals surface area (Å²) < 4.78 is 6.86. The fraction of sp³-hybridized carbons (Fsp3) is 0.353. The number of fused-ring (bicyclic) bond motifs is 3. The molecule has 3 rings (SSSR count). The Morgan fingerprint density at radius 1 is 1.38 bits per heavy atom. The van der Waals surface area contributed by atoms with Crippen LogP contribution in [-0.2, 0) is 11.3 Å². The summed E-state index contributed by atoms with van der Waals surface area (Å²) in [5.41, 5.74) is 0.949. The van der Waals surface area contributed by atoms with Crippen molar-refractivity contribution in [2.24, 2.45) is 0 Å². The summed E-state index contributed by atoms with van der Waals surface area (Å²) in [6, 6.07) is 7.51. The largest absolute Gasteiger partial charge is 0.448 e. The van der Waals surface area contributed by atoms with Crippen LogP contribution in [0.3, 0.4) is 0 Å². The van der Waals surface area contributed by atoms with E-state index in [1.165, 1.54) is 10.9 Å². The quantitative estimate of drug-likeness (QED) is 0.711. The Hall–Kier alpha value is -2.67.